The Morgan fingerprint density at radius 3 is 2.60 bits per heavy atom. The summed E-state index contributed by atoms with van der Waals surface area (Å²) in [6.45, 7) is 1.11. The van der Waals surface area contributed by atoms with Crippen molar-refractivity contribution >= 4 is 16.8 Å². The van der Waals surface area contributed by atoms with E-state index in [0.717, 1.165) is 41.3 Å². The number of aryl methyl sites for hydroxylation is 2. The van der Waals surface area contributed by atoms with Gasteiger partial charge in [-0.3, -0.25) is 4.79 Å². The molecule has 0 radical (unpaired) electrons. The first-order valence-electron chi connectivity index (χ1n) is 14.6. The molecule has 8 nitrogen and oxygen atoms in total. The molecule has 8 heteroatoms. The van der Waals surface area contributed by atoms with Gasteiger partial charge in [-0.15, -0.1) is 10.2 Å². The molecule has 3 aromatic carbocycles. The van der Waals surface area contributed by atoms with Gasteiger partial charge in [0.2, 0.25) is 5.91 Å². The van der Waals surface area contributed by atoms with Crippen LogP contribution in [0.25, 0.3) is 10.9 Å². The molecule has 1 saturated heterocycles. The maximum Gasteiger partial charge on any atom is 0.220 e. The zero-order chi connectivity index (χ0) is 28.9. The number of carbonyl (C=O) groups is 1. The van der Waals surface area contributed by atoms with Gasteiger partial charge >= 0.3 is 0 Å². The van der Waals surface area contributed by atoms with E-state index >= 15 is 0 Å². The second kappa shape index (κ2) is 12.6. The molecule has 0 saturated carbocycles. The zero-order valence-electron chi connectivity index (χ0n) is 23.9. The van der Waals surface area contributed by atoms with Gasteiger partial charge in [0, 0.05) is 42.0 Å². The quantitative estimate of drug-likeness (QED) is 0.229. The minimum atomic E-state index is -0.266. The van der Waals surface area contributed by atoms with Crippen molar-refractivity contribution in [3.05, 3.63) is 113 Å². The summed E-state index contributed by atoms with van der Waals surface area (Å²) in [5.41, 5.74) is 10.5. The molecular formula is C34H37N5O3. The number of methoxy groups -OCH3 is 1. The van der Waals surface area contributed by atoms with E-state index in [4.69, 9.17) is 25.4 Å². The molecule has 2 unspecified atom stereocenters. The first-order chi connectivity index (χ1) is 20.6. The highest BCUT2D eigenvalue weighted by Crippen LogP contribution is 2.35. The van der Waals surface area contributed by atoms with Crippen LogP contribution in [-0.2, 0) is 35.3 Å². The number of fused-ring (bicyclic) bond motifs is 1. The van der Waals surface area contributed by atoms with E-state index in [1.165, 1.54) is 16.5 Å². The van der Waals surface area contributed by atoms with Crippen LogP contribution in [0, 0.1) is 5.92 Å². The third-order valence-corrected chi connectivity index (χ3v) is 8.45. The summed E-state index contributed by atoms with van der Waals surface area (Å²) in [5, 5.41) is 10.8. The molecule has 0 spiro atoms. The Morgan fingerprint density at radius 2 is 1.81 bits per heavy atom. The van der Waals surface area contributed by atoms with Crippen LogP contribution >= 0.6 is 0 Å². The SMILES string of the molecule is COc1ccc(Cn2c(CCc3ccccc3)nnc2[C@@H](Cc2c[nH]c3ccccc23)C2CC(C(N)=O)CCO2)cc1. The highest BCUT2D eigenvalue weighted by Gasteiger charge is 2.36. The fourth-order valence-corrected chi connectivity index (χ4v) is 6.09. The number of nitrogens with one attached hydrogen (secondary N) is 1. The van der Waals surface area contributed by atoms with Crippen LogP contribution < -0.4 is 10.5 Å². The average molecular weight is 564 g/mol. The summed E-state index contributed by atoms with van der Waals surface area (Å²) in [5.74, 6) is 2.01. The maximum absolute atomic E-state index is 12.3. The van der Waals surface area contributed by atoms with Crippen molar-refractivity contribution in [2.45, 2.75) is 50.7 Å². The number of aromatic nitrogens is 4. The molecule has 3 atom stereocenters. The van der Waals surface area contributed by atoms with Crippen molar-refractivity contribution < 1.29 is 14.3 Å². The van der Waals surface area contributed by atoms with E-state index in [-0.39, 0.29) is 23.8 Å². The van der Waals surface area contributed by atoms with Gasteiger partial charge < -0.3 is 24.8 Å². The summed E-state index contributed by atoms with van der Waals surface area (Å²) >= 11 is 0. The van der Waals surface area contributed by atoms with Gasteiger partial charge in [-0.1, -0.05) is 60.7 Å². The second-order valence-corrected chi connectivity index (χ2v) is 11.1. The Labute approximate surface area is 245 Å². The average Bonchev–Trinajstić information content (AvgIpc) is 3.63. The highest BCUT2D eigenvalue weighted by atomic mass is 16.5. The highest BCUT2D eigenvalue weighted by molar-refractivity contribution is 5.83. The van der Waals surface area contributed by atoms with Gasteiger partial charge in [-0.25, -0.2) is 0 Å². The molecule has 6 rings (SSSR count). The Bertz CT molecular complexity index is 1630. The predicted molar refractivity (Wildman–Crippen MR) is 162 cm³/mol. The lowest BCUT2D eigenvalue weighted by Gasteiger charge is -2.33. The number of hydrogen-bond donors (Lipinski definition) is 2. The molecule has 1 aliphatic rings. The Morgan fingerprint density at radius 1 is 1.02 bits per heavy atom. The first kappa shape index (κ1) is 27.7. The lowest BCUT2D eigenvalue weighted by atomic mass is 9.84. The number of nitrogens with two attached hydrogens (primary N) is 1. The lowest BCUT2D eigenvalue weighted by Crippen LogP contribution is -2.38. The molecule has 0 bridgehead atoms. The zero-order valence-corrected chi connectivity index (χ0v) is 23.9. The molecule has 42 heavy (non-hydrogen) atoms. The van der Waals surface area contributed by atoms with Gasteiger partial charge in [-0.2, -0.15) is 0 Å². The molecule has 3 N–H and O–H groups in total. The number of primary amides is 1. The number of para-hydroxylation sites is 1. The number of nitrogens with zero attached hydrogens (tertiary/aromatic N) is 3. The number of hydrogen-bond acceptors (Lipinski definition) is 5. The fourth-order valence-electron chi connectivity index (χ4n) is 6.09. The molecule has 1 amide bonds. The van der Waals surface area contributed by atoms with Crippen molar-refractivity contribution in [1.29, 1.82) is 0 Å². The van der Waals surface area contributed by atoms with Crippen molar-refractivity contribution in [2.24, 2.45) is 11.7 Å². The summed E-state index contributed by atoms with van der Waals surface area (Å²) in [6, 6.07) is 26.9. The largest absolute Gasteiger partial charge is 0.497 e. The van der Waals surface area contributed by atoms with Gasteiger partial charge in [0.05, 0.1) is 19.8 Å². The van der Waals surface area contributed by atoms with Gasteiger partial charge in [0.25, 0.3) is 0 Å². The van der Waals surface area contributed by atoms with E-state index in [2.05, 4.69) is 70.3 Å². The molecule has 3 heterocycles. The molecule has 5 aromatic rings. The van der Waals surface area contributed by atoms with Crippen molar-refractivity contribution in [3.63, 3.8) is 0 Å². The Hall–Kier alpha value is -4.43. The first-order valence-corrected chi connectivity index (χ1v) is 14.6. The Balaban J connectivity index is 1.40. The lowest BCUT2D eigenvalue weighted by molar-refractivity contribution is -0.127. The third kappa shape index (κ3) is 6.09. The molecule has 1 aliphatic heterocycles. The van der Waals surface area contributed by atoms with Crippen LogP contribution in [0.5, 0.6) is 5.75 Å². The minimum absolute atomic E-state index is 0.123. The number of aromatic amines is 1. The van der Waals surface area contributed by atoms with Crippen LogP contribution in [0.1, 0.15) is 47.1 Å². The number of amides is 1. The molecular weight excluding hydrogens is 526 g/mol. The predicted octanol–water partition coefficient (Wildman–Crippen LogP) is 5.21. The van der Waals surface area contributed by atoms with E-state index in [0.29, 0.717) is 32.4 Å². The molecule has 0 aliphatic carbocycles. The van der Waals surface area contributed by atoms with Gasteiger partial charge in [0.1, 0.15) is 17.4 Å². The summed E-state index contributed by atoms with van der Waals surface area (Å²) in [7, 11) is 1.67. The van der Waals surface area contributed by atoms with Crippen LogP contribution in [0.2, 0.25) is 0 Å². The van der Waals surface area contributed by atoms with Crippen LogP contribution in [0.15, 0.2) is 85.1 Å². The van der Waals surface area contributed by atoms with Crippen molar-refractivity contribution in [2.75, 3.05) is 13.7 Å². The van der Waals surface area contributed by atoms with E-state index < -0.39 is 0 Å². The standard InChI is InChI=1S/C34H37N5O3/c1-41-27-14-11-24(12-15-27)22-39-32(16-13-23-7-3-2-4-8-23)37-38-34(39)29(31-20-25(33(35)40)17-18-42-31)19-26-21-36-30-10-6-5-9-28(26)30/h2-12,14-15,21,25,29,31,36H,13,16-20,22H2,1H3,(H2,35,40)/t25?,29-,31?/m0/s1. The number of H-pyrrole nitrogens is 1. The maximum atomic E-state index is 12.3. The van der Waals surface area contributed by atoms with E-state index in [1.54, 1.807) is 7.11 Å². The third-order valence-electron chi connectivity index (χ3n) is 8.45. The smallest absolute Gasteiger partial charge is 0.220 e. The van der Waals surface area contributed by atoms with E-state index in [9.17, 15) is 4.79 Å². The molecule has 1 fully saturated rings. The van der Waals surface area contributed by atoms with Gasteiger partial charge in [0.15, 0.2) is 0 Å². The Kier molecular flexibility index (Phi) is 8.33. The van der Waals surface area contributed by atoms with Crippen LogP contribution in [0.3, 0.4) is 0 Å². The van der Waals surface area contributed by atoms with Crippen LogP contribution in [-0.4, -0.2) is 45.5 Å². The summed E-state index contributed by atoms with van der Waals surface area (Å²) < 4.78 is 14.0. The van der Waals surface area contributed by atoms with Crippen molar-refractivity contribution in [1.82, 2.24) is 19.7 Å². The monoisotopic (exact) mass is 563 g/mol. The van der Waals surface area contributed by atoms with Crippen LogP contribution in [0.4, 0.5) is 0 Å². The number of rotatable bonds is 11. The number of benzene rings is 3. The topological polar surface area (TPSA) is 108 Å². The molecule has 2 aromatic heterocycles. The normalized spacial score (nSPS) is 17.7. The minimum Gasteiger partial charge on any atom is -0.497 e. The molecule has 216 valence electrons. The van der Waals surface area contributed by atoms with Gasteiger partial charge in [-0.05, 0) is 60.6 Å². The van der Waals surface area contributed by atoms with Crippen molar-refractivity contribution in [3.8, 4) is 5.75 Å². The summed E-state index contributed by atoms with van der Waals surface area (Å²) in [6.07, 6.45) is 5.38. The van der Waals surface area contributed by atoms with E-state index in [1.807, 2.05) is 24.3 Å². The summed E-state index contributed by atoms with van der Waals surface area (Å²) in [4.78, 5) is 15.7. The number of ether oxygens (including phenoxy) is 2. The fraction of sp³-hybridized carbons (Fsp3) is 0.324. The number of carbonyl (C=O) groups excluding carboxylic acids is 1. The second-order valence-electron chi connectivity index (χ2n) is 11.1.